The number of pyridine rings is 1. The van der Waals surface area contributed by atoms with Crippen LogP contribution in [-0.2, 0) is 21.3 Å². The highest BCUT2D eigenvalue weighted by atomic mass is 32.2. The van der Waals surface area contributed by atoms with Crippen molar-refractivity contribution in [2.24, 2.45) is 0 Å². The first-order chi connectivity index (χ1) is 12.8. The van der Waals surface area contributed by atoms with Gasteiger partial charge in [-0.1, -0.05) is 19.1 Å². The van der Waals surface area contributed by atoms with Crippen LogP contribution < -0.4 is 15.5 Å². The Bertz CT molecular complexity index is 892. The molecule has 1 heterocycles. The van der Waals surface area contributed by atoms with Crippen LogP contribution in [0.3, 0.4) is 0 Å². The summed E-state index contributed by atoms with van der Waals surface area (Å²) in [6.45, 7) is 7.93. The van der Waals surface area contributed by atoms with Crippen LogP contribution in [0.5, 0.6) is 5.75 Å². The highest BCUT2D eigenvalue weighted by Gasteiger charge is 2.21. The number of carbonyl (C=O) groups is 1. The smallest absolute Gasteiger partial charge is 0.239 e. The fourth-order valence-electron chi connectivity index (χ4n) is 2.43. The number of hydrogen-bond acceptors (Lipinski definition) is 4. The van der Waals surface area contributed by atoms with E-state index >= 15 is 0 Å². The van der Waals surface area contributed by atoms with Crippen LogP contribution in [0.2, 0.25) is 0 Å². The van der Waals surface area contributed by atoms with E-state index in [1.54, 1.807) is 6.92 Å². The van der Waals surface area contributed by atoms with Gasteiger partial charge in [0.2, 0.25) is 11.3 Å². The Morgan fingerprint density at radius 3 is 2.74 bits per heavy atom. The second-order valence-electron chi connectivity index (χ2n) is 6.44. The van der Waals surface area contributed by atoms with Gasteiger partial charge < -0.3 is 15.0 Å². The molecule has 0 aliphatic heterocycles. The molecule has 0 saturated heterocycles. The summed E-state index contributed by atoms with van der Waals surface area (Å²) in [6, 6.07) is 7.03. The van der Waals surface area contributed by atoms with Crippen molar-refractivity contribution < 1.29 is 13.7 Å². The van der Waals surface area contributed by atoms with Gasteiger partial charge in [-0.2, -0.15) is 0 Å². The first-order valence-corrected chi connectivity index (χ1v) is 10.3. The molecule has 0 saturated carbocycles. The normalized spacial score (nSPS) is 13.0. The molecular weight excluding hydrogens is 364 g/mol. The summed E-state index contributed by atoms with van der Waals surface area (Å²) in [6.07, 6.45) is 2.28. The van der Waals surface area contributed by atoms with Crippen LogP contribution >= 0.6 is 0 Å². The van der Waals surface area contributed by atoms with Crippen LogP contribution in [0.25, 0.3) is 0 Å². The fourth-order valence-corrected chi connectivity index (χ4v) is 3.45. The van der Waals surface area contributed by atoms with Crippen LogP contribution in [0.4, 0.5) is 5.69 Å². The number of hydrogen-bond donors (Lipinski definition) is 2. The number of aromatic nitrogens is 1. The van der Waals surface area contributed by atoms with Crippen molar-refractivity contribution in [3.8, 4) is 5.75 Å². The number of aromatic amines is 1. The summed E-state index contributed by atoms with van der Waals surface area (Å²) in [5.74, 6) is 0.0180. The average molecular weight is 391 g/mol. The molecule has 2 rings (SSSR count). The van der Waals surface area contributed by atoms with Gasteiger partial charge in [0.15, 0.2) is 5.75 Å². The second-order valence-corrected chi connectivity index (χ2v) is 8.20. The molecule has 2 aromatic rings. The molecule has 0 aliphatic carbocycles. The van der Waals surface area contributed by atoms with Gasteiger partial charge in [-0.25, -0.2) is 0 Å². The minimum atomic E-state index is -1.47. The third-order valence-electron chi connectivity index (χ3n) is 4.32. The maximum Gasteiger partial charge on any atom is 0.239 e. The van der Waals surface area contributed by atoms with Crippen molar-refractivity contribution in [1.29, 1.82) is 0 Å². The van der Waals surface area contributed by atoms with Gasteiger partial charge in [0, 0.05) is 34.4 Å². The number of amides is 1. The van der Waals surface area contributed by atoms with Crippen molar-refractivity contribution in [3.05, 3.63) is 57.5 Å². The van der Waals surface area contributed by atoms with Crippen LogP contribution in [0.15, 0.2) is 35.3 Å². The maximum atomic E-state index is 12.6. The van der Waals surface area contributed by atoms with Gasteiger partial charge in [-0.15, -0.1) is 0 Å². The van der Waals surface area contributed by atoms with Crippen molar-refractivity contribution in [1.82, 2.24) is 4.98 Å². The molecule has 0 fully saturated rings. The number of H-pyrrole nitrogens is 1. The number of benzene rings is 1. The summed E-state index contributed by atoms with van der Waals surface area (Å²) in [5.41, 5.74) is 3.02. The molecule has 1 aromatic heterocycles. The Labute approximate surface area is 161 Å². The molecule has 1 amide bonds. The second kappa shape index (κ2) is 9.50. The number of ether oxygens (including phenoxy) is 1. The van der Waals surface area contributed by atoms with Crippen LogP contribution in [0, 0.1) is 13.8 Å². The summed E-state index contributed by atoms with van der Waals surface area (Å²) in [7, 11) is -1.47. The van der Waals surface area contributed by atoms with E-state index in [1.807, 2.05) is 39.0 Å². The summed E-state index contributed by atoms with van der Waals surface area (Å²) in [5, 5.41) is 2.12. The molecule has 2 N–H and O–H groups in total. The standard InChI is InChI=1S/C20H26N2O4S/c1-5-9-26-19-11-21-16(10-18(19)23)12-27(25)15(4)20(24)22-17-8-6-7-13(2)14(17)3/h6-8,10-11,15H,5,9,12H2,1-4H3,(H,21,23)(H,22,24). The Morgan fingerprint density at radius 1 is 1.33 bits per heavy atom. The van der Waals surface area contributed by atoms with Gasteiger partial charge in [0.1, 0.15) is 5.25 Å². The topological polar surface area (TPSA) is 88.3 Å². The Morgan fingerprint density at radius 2 is 2.07 bits per heavy atom. The number of carbonyl (C=O) groups excluding carboxylic acids is 1. The minimum Gasteiger partial charge on any atom is -0.488 e. The molecule has 0 spiro atoms. The maximum absolute atomic E-state index is 12.6. The monoisotopic (exact) mass is 390 g/mol. The average Bonchev–Trinajstić information content (AvgIpc) is 2.64. The molecule has 0 aliphatic rings. The number of rotatable bonds is 8. The summed E-state index contributed by atoms with van der Waals surface area (Å²) < 4.78 is 17.9. The number of aryl methyl sites for hydroxylation is 1. The van der Waals surface area contributed by atoms with E-state index in [0.29, 0.717) is 12.3 Å². The lowest BCUT2D eigenvalue weighted by Crippen LogP contribution is -2.30. The minimum absolute atomic E-state index is 0.0880. The van der Waals surface area contributed by atoms with Crippen LogP contribution in [0.1, 0.15) is 37.1 Å². The fraction of sp³-hybridized carbons (Fsp3) is 0.400. The van der Waals surface area contributed by atoms with Crippen molar-refractivity contribution in [3.63, 3.8) is 0 Å². The largest absolute Gasteiger partial charge is 0.488 e. The van der Waals surface area contributed by atoms with E-state index in [9.17, 15) is 13.8 Å². The molecule has 1 aromatic carbocycles. The van der Waals surface area contributed by atoms with Crippen LogP contribution in [-0.4, -0.2) is 27.0 Å². The first-order valence-electron chi connectivity index (χ1n) is 8.92. The molecular formula is C20H26N2O4S. The van der Waals surface area contributed by atoms with E-state index < -0.39 is 16.0 Å². The predicted octanol–water partition coefficient (Wildman–Crippen LogP) is 3.06. The molecule has 7 heteroatoms. The highest BCUT2D eigenvalue weighted by molar-refractivity contribution is 7.85. The lowest BCUT2D eigenvalue weighted by molar-refractivity contribution is -0.115. The molecule has 146 valence electrons. The van der Waals surface area contributed by atoms with Gasteiger partial charge in [0.25, 0.3) is 0 Å². The van der Waals surface area contributed by atoms with Gasteiger partial charge in [0.05, 0.1) is 12.4 Å². The zero-order chi connectivity index (χ0) is 20.0. The van der Waals surface area contributed by atoms with Crippen molar-refractivity contribution >= 4 is 22.4 Å². The molecule has 0 bridgehead atoms. The Kier molecular flexibility index (Phi) is 7.36. The molecule has 2 unspecified atom stereocenters. The summed E-state index contributed by atoms with van der Waals surface area (Å²) >= 11 is 0. The lowest BCUT2D eigenvalue weighted by Gasteiger charge is -2.15. The Hall–Kier alpha value is -2.41. The van der Waals surface area contributed by atoms with Crippen molar-refractivity contribution in [2.45, 2.75) is 45.1 Å². The molecule has 0 radical (unpaired) electrons. The quantitative estimate of drug-likeness (QED) is 0.725. The van der Waals surface area contributed by atoms with E-state index in [0.717, 1.165) is 23.2 Å². The summed E-state index contributed by atoms with van der Waals surface area (Å²) in [4.78, 5) is 27.4. The molecule has 2 atom stereocenters. The predicted molar refractivity (Wildman–Crippen MR) is 109 cm³/mol. The van der Waals surface area contributed by atoms with Gasteiger partial charge in [-0.3, -0.25) is 13.8 Å². The van der Waals surface area contributed by atoms with E-state index in [2.05, 4.69) is 10.3 Å². The van der Waals surface area contributed by atoms with E-state index in [4.69, 9.17) is 4.74 Å². The van der Waals surface area contributed by atoms with Crippen molar-refractivity contribution in [2.75, 3.05) is 11.9 Å². The third-order valence-corrected chi connectivity index (χ3v) is 5.92. The third kappa shape index (κ3) is 5.53. The SMILES string of the molecule is CCCOc1c[nH]c(CS(=O)C(C)C(=O)Nc2cccc(C)c2C)cc1=O. The number of nitrogens with one attached hydrogen (secondary N) is 2. The van der Waals surface area contributed by atoms with E-state index in [-0.39, 0.29) is 22.8 Å². The van der Waals surface area contributed by atoms with E-state index in [1.165, 1.54) is 12.3 Å². The number of anilines is 1. The van der Waals surface area contributed by atoms with Gasteiger partial charge in [-0.05, 0) is 44.4 Å². The zero-order valence-electron chi connectivity index (χ0n) is 16.1. The Balaban J connectivity index is 2.02. The first kappa shape index (κ1) is 20.9. The molecule has 6 nitrogen and oxygen atoms in total. The highest BCUT2D eigenvalue weighted by Crippen LogP contribution is 2.19. The molecule has 27 heavy (non-hydrogen) atoms. The zero-order valence-corrected chi connectivity index (χ0v) is 16.9. The van der Waals surface area contributed by atoms with Gasteiger partial charge >= 0.3 is 0 Å². The lowest BCUT2D eigenvalue weighted by atomic mass is 10.1.